The van der Waals surface area contributed by atoms with E-state index >= 15 is 0 Å². The van der Waals surface area contributed by atoms with E-state index in [1.807, 2.05) is 6.08 Å². The van der Waals surface area contributed by atoms with Crippen molar-refractivity contribution in [2.45, 2.75) is 0 Å². The highest BCUT2D eigenvalue weighted by Crippen LogP contribution is 2.02. The van der Waals surface area contributed by atoms with Crippen molar-refractivity contribution >= 4 is 0 Å². The third kappa shape index (κ3) is 5.43. The van der Waals surface area contributed by atoms with Gasteiger partial charge in [0.25, 0.3) is 0 Å². The van der Waals surface area contributed by atoms with Gasteiger partial charge in [0.15, 0.2) is 0 Å². The van der Waals surface area contributed by atoms with E-state index in [4.69, 9.17) is 9.84 Å². The molecule has 0 saturated carbocycles. The number of methoxy groups -OCH3 is 1. The first-order valence-corrected chi connectivity index (χ1v) is 3.29. The van der Waals surface area contributed by atoms with Gasteiger partial charge in [0, 0.05) is 13.0 Å². The minimum Gasteiger partial charge on any atom is -0.516 e. The molecule has 61 valence electrons. The van der Waals surface area contributed by atoms with Crippen molar-refractivity contribution in [2.75, 3.05) is 13.7 Å². The van der Waals surface area contributed by atoms with Gasteiger partial charge in [-0.2, -0.15) is 0 Å². The van der Waals surface area contributed by atoms with Crippen LogP contribution in [0.15, 0.2) is 37.1 Å². The second-order valence-electron chi connectivity index (χ2n) is 1.91. The molecule has 2 nitrogen and oxygen atoms in total. The first-order chi connectivity index (χ1) is 5.35. The van der Waals surface area contributed by atoms with Crippen LogP contribution in [0.1, 0.15) is 0 Å². The zero-order valence-electron chi connectivity index (χ0n) is 6.66. The topological polar surface area (TPSA) is 29.5 Å². The number of aliphatic hydroxyl groups excluding tert-OH is 1. The van der Waals surface area contributed by atoms with Gasteiger partial charge in [-0.15, -0.1) is 6.58 Å². The van der Waals surface area contributed by atoms with E-state index < -0.39 is 0 Å². The Labute approximate surface area is 67.5 Å². The van der Waals surface area contributed by atoms with Gasteiger partial charge in [0.1, 0.15) is 0 Å². The van der Waals surface area contributed by atoms with E-state index in [1.54, 1.807) is 19.3 Å². The highest BCUT2D eigenvalue weighted by atomic mass is 16.5. The van der Waals surface area contributed by atoms with E-state index in [2.05, 4.69) is 6.58 Å². The number of hydrogen-bond donors (Lipinski definition) is 1. The Bertz CT molecular complexity index is 148. The van der Waals surface area contributed by atoms with Crippen LogP contribution in [-0.2, 0) is 4.74 Å². The monoisotopic (exact) mass is 153 g/mol. The molecule has 0 aliphatic rings. The maximum absolute atomic E-state index is 8.28. The first-order valence-electron chi connectivity index (χ1n) is 3.29. The second-order valence-corrected chi connectivity index (χ2v) is 1.91. The summed E-state index contributed by atoms with van der Waals surface area (Å²) in [5.74, 6) is 0.977. The third-order valence-electron chi connectivity index (χ3n) is 1.08. The summed E-state index contributed by atoms with van der Waals surface area (Å²) in [5, 5.41) is 8.28. The van der Waals surface area contributed by atoms with Crippen molar-refractivity contribution in [1.82, 2.24) is 0 Å². The molecule has 0 bridgehead atoms. The number of aliphatic hydroxyl groups is 1. The standard InChI is InChI=1S/C9H13O2/c1-3-9(8-11-2)6-4-5-7-10/h3-7,10H,1,8H2,2H3/b6-4-,7-5+. The minimum atomic E-state index is 0.541. The average molecular weight is 153 g/mol. The van der Waals surface area contributed by atoms with Crippen LogP contribution >= 0.6 is 0 Å². The molecule has 0 saturated heterocycles. The van der Waals surface area contributed by atoms with Crippen molar-refractivity contribution < 1.29 is 9.84 Å². The molecule has 1 radical (unpaired) electrons. The third-order valence-corrected chi connectivity index (χ3v) is 1.08. The Morgan fingerprint density at radius 2 is 2.27 bits per heavy atom. The van der Waals surface area contributed by atoms with Crippen LogP contribution in [0.3, 0.4) is 0 Å². The zero-order valence-corrected chi connectivity index (χ0v) is 6.66. The van der Waals surface area contributed by atoms with Gasteiger partial charge in [-0.1, -0.05) is 18.2 Å². The Morgan fingerprint density at radius 1 is 1.55 bits per heavy atom. The molecule has 0 aromatic carbocycles. The summed E-state index contributed by atoms with van der Waals surface area (Å²) in [5.41, 5.74) is 0. The molecule has 0 aliphatic carbocycles. The molecule has 0 atom stereocenters. The lowest BCUT2D eigenvalue weighted by atomic mass is 10.1. The van der Waals surface area contributed by atoms with Crippen LogP contribution in [0.4, 0.5) is 0 Å². The fourth-order valence-corrected chi connectivity index (χ4v) is 0.571. The van der Waals surface area contributed by atoms with Crippen molar-refractivity contribution in [3.8, 4) is 0 Å². The number of allylic oxidation sites excluding steroid dienone is 2. The Hall–Kier alpha value is -1.02. The van der Waals surface area contributed by atoms with Crippen LogP contribution in [-0.4, -0.2) is 18.8 Å². The fraction of sp³-hybridized carbons (Fsp3) is 0.222. The molecule has 1 N–H and O–H groups in total. The summed E-state index contributed by atoms with van der Waals surface area (Å²) in [6.07, 6.45) is 7.76. The number of ether oxygens (including phenoxy) is 1. The summed E-state index contributed by atoms with van der Waals surface area (Å²) in [4.78, 5) is 0. The van der Waals surface area contributed by atoms with Crippen molar-refractivity contribution in [1.29, 1.82) is 0 Å². The molecule has 0 rings (SSSR count). The van der Waals surface area contributed by atoms with Crippen LogP contribution in [0.5, 0.6) is 0 Å². The molecule has 0 amide bonds. The van der Waals surface area contributed by atoms with Crippen LogP contribution in [0, 0.1) is 5.92 Å². The summed E-state index contributed by atoms with van der Waals surface area (Å²) < 4.78 is 4.88. The van der Waals surface area contributed by atoms with Crippen LogP contribution in [0.2, 0.25) is 0 Å². The molecule has 11 heavy (non-hydrogen) atoms. The van der Waals surface area contributed by atoms with Gasteiger partial charge in [0.05, 0.1) is 12.9 Å². The number of rotatable bonds is 5. The van der Waals surface area contributed by atoms with Gasteiger partial charge >= 0.3 is 0 Å². The fourth-order valence-electron chi connectivity index (χ4n) is 0.571. The lowest BCUT2D eigenvalue weighted by molar-refractivity contribution is 0.218. The van der Waals surface area contributed by atoms with Crippen molar-refractivity contribution in [3.05, 3.63) is 43.1 Å². The molecular weight excluding hydrogens is 140 g/mol. The molecule has 0 aromatic rings. The zero-order chi connectivity index (χ0) is 8.53. The molecule has 0 spiro atoms. The quantitative estimate of drug-likeness (QED) is 0.483. The molecular formula is C9H13O2. The smallest absolute Gasteiger partial charge is 0.0791 e. The maximum Gasteiger partial charge on any atom is 0.0791 e. The van der Waals surface area contributed by atoms with E-state index in [1.165, 1.54) is 6.08 Å². The van der Waals surface area contributed by atoms with Crippen molar-refractivity contribution in [3.63, 3.8) is 0 Å². The second kappa shape index (κ2) is 7.09. The predicted molar refractivity (Wildman–Crippen MR) is 46.2 cm³/mol. The molecule has 0 aromatic heterocycles. The van der Waals surface area contributed by atoms with Gasteiger partial charge in [-0.3, -0.25) is 0 Å². The normalized spacial score (nSPS) is 11.8. The Balaban J connectivity index is 3.75. The molecule has 0 heterocycles. The summed E-state index contributed by atoms with van der Waals surface area (Å²) >= 11 is 0. The Morgan fingerprint density at radius 3 is 2.73 bits per heavy atom. The Kier molecular flexibility index (Phi) is 6.43. The number of hydrogen-bond acceptors (Lipinski definition) is 2. The molecule has 0 aliphatic heterocycles. The van der Waals surface area contributed by atoms with Crippen molar-refractivity contribution in [2.24, 2.45) is 0 Å². The van der Waals surface area contributed by atoms with Gasteiger partial charge < -0.3 is 9.84 Å². The van der Waals surface area contributed by atoms with E-state index in [0.29, 0.717) is 6.61 Å². The van der Waals surface area contributed by atoms with Gasteiger partial charge in [0.2, 0.25) is 0 Å². The largest absolute Gasteiger partial charge is 0.516 e. The van der Waals surface area contributed by atoms with Crippen LogP contribution < -0.4 is 0 Å². The van der Waals surface area contributed by atoms with E-state index in [9.17, 15) is 0 Å². The highest BCUT2D eigenvalue weighted by molar-refractivity contribution is 5.23. The minimum absolute atomic E-state index is 0.541. The molecule has 2 heteroatoms. The van der Waals surface area contributed by atoms with Gasteiger partial charge in [-0.05, 0) is 6.08 Å². The SMILES string of the molecule is C=C[C](/C=C\C=C\O)COC. The highest BCUT2D eigenvalue weighted by Gasteiger charge is 1.96. The lowest BCUT2D eigenvalue weighted by Crippen LogP contribution is -1.97. The average Bonchev–Trinajstić information content (AvgIpc) is 2.03. The van der Waals surface area contributed by atoms with E-state index in [0.717, 1.165) is 12.2 Å². The van der Waals surface area contributed by atoms with E-state index in [-0.39, 0.29) is 0 Å². The molecule has 0 fully saturated rings. The lowest BCUT2D eigenvalue weighted by Gasteiger charge is -2.02. The predicted octanol–water partition coefficient (Wildman–Crippen LogP) is 2.02. The summed E-state index contributed by atoms with van der Waals surface area (Å²) in [6, 6.07) is 0. The maximum atomic E-state index is 8.28. The molecule has 0 unspecified atom stereocenters. The van der Waals surface area contributed by atoms with Crippen LogP contribution in [0.25, 0.3) is 0 Å². The van der Waals surface area contributed by atoms with Gasteiger partial charge in [-0.25, -0.2) is 0 Å². The summed E-state index contributed by atoms with van der Waals surface area (Å²) in [7, 11) is 1.62. The first kappa shape index (κ1) is 9.98. The summed E-state index contributed by atoms with van der Waals surface area (Å²) in [6.45, 7) is 4.14.